The first-order valence-electron chi connectivity index (χ1n) is 5.53. The molecule has 2 nitrogen and oxygen atoms in total. The highest BCUT2D eigenvalue weighted by Gasteiger charge is 2.40. The van der Waals surface area contributed by atoms with Crippen LogP contribution >= 0.6 is 0 Å². The Morgan fingerprint density at radius 2 is 2.36 bits per heavy atom. The van der Waals surface area contributed by atoms with E-state index >= 15 is 0 Å². The fourth-order valence-electron chi connectivity index (χ4n) is 1.66. The molecule has 0 aromatic heterocycles. The van der Waals surface area contributed by atoms with E-state index in [1.54, 1.807) is 0 Å². The van der Waals surface area contributed by atoms with Crippen LogP contribution < -0.4 is 0 Å². The molecule has 0 N–H and O–H groups in total. The van der Waals surface area contributed by atoms with Gasteiger partial charge in [0.15, 0.2) is 6.29 Å². The van der Waals surface area contributed by atoms with Gasteiger partial charge >= 0.3 is 0 Å². The Balaban J connectivity index is 2.35. The Morgan fingerprint density at radius 1 is 1.64 bits per heavy atom. The highest BCUT2D eigenvalue weighted by atomic mass is 16.7. The minimum absolute atomic E-state index is 0.0282. The lowest BCUT2D eigenvalue weighted by Crippen LogP contribution is -2.21. The Morgan fingerprint density at radius 3 is 2.86 bits per heavy atom. The van der Waals surface area contributed by atoms with Crippen LogP contribution in [0.25, 0.3) is 0 Å². The predicted molar refractivity (Wildman–Crippen MR) is 58.1 cm³/mol. The average molecular weight is 198 g/mol. The van der Waals surface area contributed by atoms with Crippen molar-refractivity contribution in [3.05, 3.63) is 12.7 Å². The summed E-state index contributed by atoms with van der Waals surface area (Å²) < 4.78 is 11.4. The molecule has 3 atom stereocenters. The first-order chi connectivity index (χ1) is 6.62. The molecular formula is C12H22O2. The largest absolute Gasteiger partial charge is 0.353 e. The minimum atomic E-state index is -0.0282. The molecule has 1 aliphatic rings. The van der Waals surface area contributed by atoms with Crippen molar-refractivity contribution in [2.24, 2.45) is 5.41 Å². The first kappa shape index (κ1) is 11.7. The molecule has 0 saturated carbocycles. The van der Waals surface area contributed by atoms with Gasteiger partial charge in [0.25, 0.3) is 0 Å². The maximum Gasteiger partial charge on any atom is 0.158 e. The molecule has 2 heteroatoms. The second-order valence-corrected chi connectivity index (χ2v) is 4.35. The summed E-state index contributed by atoms with van der Waals surface area (Å²) in [4.78, 5) is 0. The number of unbranched alkanes of at least 4 members (excludes halogenated alkanes) is 1. The highest BCUT2D eigenvalue weighted by molar-refractivity contribution is 5.00. The quantitative estimate of drug-likeness (QED) is 0.499. The van der Waals surface area contributed by atoms with Crippen molar-refractivity contribution in [2.75, 3.05) is 6.61 Å². The number of hydrogen-bond donors (Lipinski definition) is 0. The summed E-state index contributed by atoms with van der Waals surface area (Å²) in [6, 6.07) is 0. The molecule has 0 radical (unpaired) electrons. The lowest BCUT2D eigenvalue weighted by Gasteiger charge is -2.21. The van der Waals surface area contributed by atoms with E-state index in [-0.39, 0.29) is 17.8 Å². The van der Waals surface area contributed by atoms with Crippen molar-refractivity contribution in [1.29, 1.82) is 0 Å². The third-order valence-corrected chi connectivity index (χ3v) is 3.16. The lowest BCUT2D eigenvalue weighted by atomic mass is 9.84. The Bertz CT molecular complexity index is 191. The average Bonchev–Trinajstić information content (AvgIpc) is 2.44. The molecule has 14 heavy (non-hydrogen) atoms. The monoisotopic (exact) mass is 198 g/mol. The van der Waals surface area contributed by atoms with E-state index in [1.807, 2.05) is 6.08 Å². The predicted octanol–water partition coefficient (Wildman–Crippen LogP) is 3.13. The van der Waals surface area contributed by atoms with Crippen molar-refractivity contribution in [2.45, 2.75) is 52.4 Å². The SMILES string of the molecule is C=C[C@@]1(C)CC(OCCCC)O[C@@H]1C. The fourth-order valence-corrected chi connectivity index (χ4v) is 1.66. The van der Waals surface area contributed by atoms with Crippen LogP contribution in [0.4, 0.5) is 0 Å². The van der Waals surface area contributed by atoms with Gasteiger partial charge in [0, 0.05) is 18.4 Å². The van der Waals surface area contributed by atoms with Gasteiger partial charge in [0.2, 0.25) is 0 Å². The number of ether oxygens (including phenoxy) is 2. The summed E-state index contributed by atoms with van der Waals surface area (Å²) in [5.74, 6) is 0. The molecule has 0 bridgehead atoms. The van der Waals surface area contributed by atoms with Crippen molar-refractivity contribution < 1.29 is 9.47 Å². The molecule has 1 aliphatic heterocycles. The Hall–Kier alpha value is -0.340. The third-order valence-electron chi connectivity index (χ3n) is 3.16. The maximum atomic E-state index is 5.72. The molecule has 1 fully saturated rings. The maximum absolute atomic E-state index is 5.72. The highest BCUT2D eigenvalue weighted by Crippen LogP contribution is 2.39. The van der Waals surface area contributed by atoms with Gasteiger partial charge in [-0.3, -0.25) is 0 Å². The van der Waals surface area contributed by atoms with Gasteiger partial charge < -0.3 is 9.47 Å². The minimum Gasteiger partial charge on any atom is -0.353 e. The van der Waals surface area contributed by atoms with Crippen molar-refractivity contribution >= 4 is 0 Å². The van der Waals surface area contributed by atoms with Gasteiger partial charge in [-0.05, 0) is 13.3 Å². The van der Waals surface area contributed by atoms with Gasteiger partial charge in [-0.25, -0.2) is 0 Å². The zero-order chi connectivity index (χ0) is 10.6. The second kappa shape index (κ2) is 4.94. The molecule has 82 valence electrons. The van der Waals surface area contributed by atoms with Crippen molar-refractivity contribution in [3.8, 4) is 0 Å². The van der Waals surface area contributed by atoms with Gasteiger partial charge in [-0.1, -0.05) is 26.3 Å². The van der Waals surface area contributed by atoms with E-state index in [0.29, 0.717) is 0 Å². The van der Waals surface area contributed by atoms with Gasteiger partial charge in [0.1, 0.15) is 0 Å². The van der Waals surface area contributed by atoms with Crippen LogP contribution in [0.1, 0.15) is 40.0 Å². The van der Waals surface area contributed by atoms with Crippen LogP contribution in [-0.4, -0.2) is 19.0 Å². The summed E-state index contributed by atoms with van der Waals surface area (Å²) in [7, 11) is 0. The third kappa shape index (κ3) is 2.58. The van der Waals surface area contributed by atoms with E-state index < -0.39 is 0 Å². The lowest BCUT2D eigenvalue weighted by molar-refractivity contribution is -0.131. The van der Waals surface area contributed by atoms with Crippen LogP contribution in [-0.2, 0) is 9.47 Å². The molecule has 1 rings (SSSR count). The standard InChI is InChI=1S/C12H22O2/c1-5-7-8-13-11-9-12(4,6-2)10(3)14-11/h6,10-11H,2,5,7-9H2,1,3-4H3/t10-,11?,12+/m1/s1. The van der Waals surface area contributed by atoms with E-state index in [0.717, 1.165) is 19.4 Å². The summed E-state index contributed by atoms with van der Waals surface area (Å²) in [5, 5.41) is 0. The number of rotatable bonds is 5. The molecule has 0 aliphatic carbocycles. The first-order valence-corrected chi connectivity index (χ1v) is 5.53. The summed E-state index contributed by atoms with van der Waals surface area (Å²) in [6.45, 7) is 11.1. The van der Waals surface area contributed by atoms with Crippen LogP contribution in [0.2, 0.25) is 0 Å². The molecule has 0 amide bonds. The smallest absolute Gasteiger partial charge is 0.158 e. The van der Waals surface area contributed by atoms with Crippen LogP contribution in [0, 0.1) is 5.41 Å². The topological polar surface area (TPSA) is 18.5 Å². The Kier molecular flexibility index (Phi) is 4.14. The molecule has 1 heterocycles. The number of hydrogen-bond acceptors (Lipinski definition) is 2. The summed E-state index contributed by atoms with van der Waals surface area (Å²) >= 11 is 0. The molecule has 0 aromatic rings. The molecule has 1 saturated heterocycles. The van der Waals surface area contributed by atoms with Crippen molar-refractivity contribution in [3.63, 3.8) is 0 Å². The van der Waals surface area contributed by atoms with Gasteiger partial charge in [-0.2, -0.15) is 0 Å². The van der Waals surface area contributed by atoms with Gasteiger partial charge in [0.05, 0.1) is 6.10 Å². The fraction of sp³-hybridized carbons (Fsp3) is 0.833. The van der Waals surface area contributed by atoms with Crippen molar-refractivity contribution in [1.82, 2.24) is 0 Å². The summed E-state index contributed by atoms with van der Waals surface area (Å²) in [5.41, 5.74) is 0.0802. The van der Waals surface area contributed by atoms with E-state index in [9.17, 15) is 0 Å². The van der Waals surface area contributed by atoms with E-state index in [1.165, 1.54) is 6.42 Å². The van der Waals surface area contributed by atoms with Gasteiger partial charge in [-0.15, -0.1) is 6.58 Å². The molecular weight excluding hydrogens is 176 g/mol. The van der Waals surface area contributed by atoms with E-state index in [4.69, 9.17) is 9.47 Å². The van der Waals surface area contributed by atoms with Crippen LogP contribution in [0.5, 0.6) is 0 Å². The molecule has 0 spiro atoms. The van der Waals surface area contributed by atoms with E-state index in [2.05, 4.69) is 27.4 Å². The zero-order valence-corrected chi connectivity index (χ0v) is 9.58. The Labute approximate surface area is 87.3 Å². The normalized spacial score (nSPS) is 37.4. The molecule has 1 unspecified atom stereocenters. The second-order valence-electron chi connectivity index (χ2n) is 4.35. The van der Waals surface area contributed by atoms with Crippen LogP contribution in [0.3, 0.4) is 0 Å². The summed E-state index contributed by atoms with van der Waals surface area (Å²) in [6.07, 6.45) is 5.38. The molecule has 0 aromatic carbocycles. The van der Waals surface area contributed by atoms with Crippen LogP contribution in [0.15, 0.2) is 12.7 Å². The zero-order valence-electron chi connectivity index (χ0n) is 9.58.